The molecule has 0 aromatic heterocycles. The fraction of sp³-hybridized carbons (Fsp3) is 0.0526. The molecule has 134 valence electrons. The van der Waals surface area contributed by atoms with Gasteiger partial charge in [-0.3, -0.25) is 0 Å². The van der Waals surface area contributed by atoms with Crippen molar-refractivity contribution in [3.8, 4) is 0 Å². The van der Waals surface area contributed by atoms with Gasteiger partial charge >= 0.3 is 0 Å². The molecule has 3 rings (SSSR count). The lowest BCUT2D eigenvalue weighted by Crippen LogP contribution is -2.23. The second-order valence-corrected chi connectivity index (χ2v) is 9.14. The van der Waals surface area contributed by atoms with Gasteiger partial charge in [0.05, 0.1) is 4.90 Å². The molecule has 26 heavy (non-hydrogen) atoms. The lowest BCUT2D eigenvalue weighted by atomic mass is 10.2. The van der Waals surface area contributed by atoms with Gasteiger partial charge in [0.1, 0.15) is 0 Å². The summed E-state index contributed by atoms with van der Waals surface area (Å²) >= 11 is 13.8. The Hall–Kier alpha value is -1.50. The highest BCUT2D eigenvalue weighted by molar-refractivity contribution is 7.99. The maximum Gasteiger partial charge on any atom is 0.240 e. The average Bonchev–Trinajstić information content (AvgIpc) is 2.64. The van der Waals surface area contributed by atoms with Crippen LogP contribution in [0.1, 0.15) is 5.56 Å². The predicted molar refractivity (Wildman–Crippen MR) is 107 cm³/mol. The number of nitrogens with one attached hydrogen (secondary N) is 1. The smallest absolute Gasteiger partial charge is 0.207 e. The van der Waals surface area contributed by atoms with Crippen molar-refractivity contribution in [3.05, 3.63) is 88.4 Å². The molecule has 0 heterocycles. The van der Waals surface area contributed by atoms with Gasteiger partial charge in [0, 0.05) is 26.4 Å². The van der Waals surface area contributed by atoms with Crippen LogP contribution in [0.5, 0.6) is 0 Å². The average molecular weight is 424 g/mol. The van der Waals surface area contributed by atoms with E-state index in [1.165, 1.54) is 11.8 Å². The zero-order chi connectivity index (χ0) is 18.6. The number of halogens is 2. The van der Waals surface area contributed by atoms with Crippen LogP contribution in [-0.4, -0.2) is 8.42 Å². The second-order valence-electron chi connectivity index (χ2n) is 5.41. The summed E-state index contributed by atoms with van der Waals surface area (Å²) in [5.41, 5.74) is 0.730. The van der Waals surface area contributed by atoms with Gasteiger partial charge in [0.25, 0.3) is 0 Å². The highest BCUT2D eigenvalue weighted by Gasteiger charge is 2.16. The monoisotopic (exact) mass is 423 g/mol. The van der Waals surface area contributed by atoms with Gasteiger partial charge in [-0.25, -0.2) is 13.1 Å². The van der Waals surface area contributed by atoms with Crippen LogP contribution in [-0.2, 0) is 16.6 Å². The van der Waals surface area contributed by atoms with E-state index < -0.39 is 10.0 Å². The van der Waals surface area contributed by atoms with Crippen molar-refractivity contribution in [2.75, 3.05) is 0 Å². The molecule has 7 heteroatoms. The Kier molecular flexibility index (Phi) is 6.27. The van der Waals surface area contributed by atoms with E-state index in [-0.39, 0.29) is 11.4 Å². The van der Waals surface area contributed by atoms with Crippen molar-refractivity contribution in [2.45, 2.75) is 21.2 Å². The molecule has 3 nitrogen and oxygen atoms in total. The van der Waals surface area contributed by atoms with Crippen molar-refractivity contribution in [1.82, 2.24) is 4.72 Å². The highest BCUT2D eigenvalue weighted by atomic mass is 35.5. The standard InChI is InChI=1S/C19H15Cl2NO2S2/c20-14-9-11-15(12-10-14)25-19-8-4-7-18(21)17(19)13-22-26(23,24)16-5-2-1-3-6-16/h1-12,22H,13H2. The molecule has 0 bridgehead atoms. The molecular weight excluding hydrogens is 409 g/mol. The van der Waals surface area contributed by atoms with Crippen LogP contribution in [0.25, 0.3) is 0 Å². The topological polar surface area (TPSA) is 46.2 Å². The van der Waals surface area contributed by atoms with E-state index in [1.807, 2.05) is 36.4 Å². The maximum absolute atomic E-state index is 12.4. The van der Waals surface area contributed by atoms with Crippen molar-refractivity contribution in [3.63, 3.8) is 0 Å². The zero-order valence-corrected chi connectivity index (χ0v) is 16.7. The van der Waals surface area contributed by atoms with Crippen molar-refractivity contribution < 1.29 is 8.42 Å². The molecule has 0 radical (unpaired) electrons. The minimum absolute atomic E-state index is 0.104. The van der Waals surface area contributed by atoms with Crippen molar-refractivity contribution in [2.24, 2.45) is 0 Å². The van der Waals surface area contributed by atoms with Crippen LogP contribution in [0.3, 0.4) is 0 Å². The number of hydrogen-bond donors (Lipinski definition) is 1. The first kappa shape index (κ1) is 19.3. The summed E-state index contributed by atoms with van der Waals surface area (Å²) in [6, 6.07) is 21.2. The van der Waals surface area contributed by atoms with Gasteiger partial charge in [-0.05, 0) is 54.1 Å². The summed E-state index contributed by atoms with van der Waals surface area (Å²) in [6.07, 6.45) is 0. The van der Waals surface area contributed by atoms with Crippen LogP contribution < -0.4 is 4.72 Å². The Morgan fingerprint density at radius 3 is 2.23 bits per heavy atom. The molecule has 0 fully saturated rings. The third-order valence-electron chi connectivity index (χ3n) is 3.61. The van der Waals surface area contributed by atoms with Gasteiger partial charge in [-0.15, -0.1) is 0 Å². The molecule has 0 aliphatic heterocycles. The number of benzene rings is 3. The van der Waals surface area contributed by atoms with Crippen LogP contribution in [0.15, 0.2) is 87.5 Å². The summed E-state index contributed by atoms with van der Waals surface area (Å²) in [5.74, 6) is 0. The SMILES string of the molecule is O=S(=O)(NCc1c(Cl)cccc1Sc1ccc(Cl)cc1)c1ccccc1. The minimum atomic E-state index is -3.61. The van der Waals surface area contributed by atoms with Crippen LogP contribution in [0, 0.1) is 0 Å². The summed E-state index contributed by atoms with van der Waals surface area (Å²) in [4.78, 5) is 2.10. The molecule has 0 spiro atoms. The van der Waals surface area contributed by atoms with Gasteiger partial charge in [-0.2, -0.15) is 0 Å². The molecule has 0 saturated carbocycles. The number of sulfonamides is 1. The first-order valence-corrected chi connectivity index (χ1v) is 10.8. The van der Waals surface area contributed by atoms with E-state index in [2.05, 4.69) is 4.72 Å². The fourth-order valence-electron chi connectivity index (χ4n) is 2.29. The zero-order valence-electron chi connectivity index (χ0n) is 13.5. The molecule has 0 saturated heterocycles. The molecule has 3 aromatic carbocycles. The summed E-state index contributed by atoms with van der Waals surface area (Å²) in [5, 5.41) is 1.18. The first-order valence-electron chi connectivity index (χ1n) is 7.71. The van der Waals surface area contributed by atoms with Gasteiger partial charge in [-0.1, -0.05) is 59.2 Å². The van der Waals surface area contributed by atoms with E-state index >= 15 is 0 Å². The van der Waals surface area contributed by atoms with Crippen LogP contribution >= 0.6 is 35.0 Å². The Bertz CT molecular complexity index is 992. The Morgan fingerprint density at radius 2 is 1.54 bits per heavy atom. The number of rotatable bonds is 6. The third-order valence-corrected chi connectivity index (χ3v) is 6.74. The highest BCUT2D eigenvalue weighted by Crippen LogP contribution is 2.34. The molecule has 0 aliphatic carbocycles. The minimum Gasteiger partial charge on any atom is -0.207 e. The maximum atomic E-state index is 12.4. The largest absolute Gasteiger partial charge is 0.240 e. The first-order chi connectivity index (χ1) is 12.5. The molecule has 0 atom stereocenters. The van der Waals surface area contributed by atoms with E-state index in [4.69, 9.17) is 23.2 Å². The van der Waals surface area contributed by atoms with Crippen molar-refractivity contribution in [1.29, 1.82) is 0 Å². The lowest BCUT2D eigenvalue weighted by molar-refractivity contribution is 0.581. The molecule has 0 unspecified atom stereocenters. The van der Waals surface area contributed by atoms with Gasteiger partial charge < -0.3 is 0 Å². The van der Waals surface area contributed by atoms with E-state index in [0.717, 1.165) is 15.4 Å². The summed E-state index contributed by atoms with van der Waals surface area (Å²) in [6.45, 7) is 0.104. The molecule has 1 N–H and O–H groups in total. The van der Waals surface area contributed by atoms with Gasteiger partial charge in [0.15, 0.2) is 0 Å². The fourth-order valence-corrected chi connectivity index (χ4v) is 4.70. The Morgan fingerprint density at radius 1 is 0.846 bits per heavy atom. The van der Waals surface area contributed by atoms with Crippen molar-refractivity contribution >= 4 is 45.0 Å². The molecule has 3 aromatic rings. The normalized spacial score (nSPS) is 11.5. The van der Waals surface area contributed by atoms with Gasteiger partial charge in [0.2, 0.25) is 10.0 Å². The predicted octanol–water partition coefficient (Wildman–Crippen LogP) is 5.62. The third kappa shape index (κ3) is 4.81. The van der Waals surface area contributed by atoms with E-state index in [9.17, 15) is 8.42 Å². The van der Waals surface area contributed by atoms with E-state index in [0.29, 0.717) is 10.0 Å². The quantitative estimate of drug-likeness (QED) is 0.559. The molecule has 0 amide bonds. The van der Waals surface area contributed by atoms with Crippen LogP contribution in [0.2, 0.25) is 10.0 Å². The van der Waals surface area contributed by atoms with Crippen LogP contribution in [0.4, 0.5) is 0 Å². The Labute approximate surface area is 167 Å². The molecular formula is C19H15Cl2NO2S2. The summed E-state index contributed by atoms with van der Waals surface area (Å²) in [7, 11) is -3.61. The number of hydrogen-bond acceptors (Lipinski definition) is 3. The van der Waals surface area contributed by atoms with E-state index in [1.54, 1.807) is 36.4 Å². The Balaban J connectivity index is 1.82. The molecule has 0 aliphatic rings. The summed E-state index contributed by atoms with van der Waals surface area (Å²) < 4.78 is 27.5. The second kappa shape index (κ2) is 8.46. The lowest BCUT2D eigenvalue weighted by Gasteiger charge is -2.13.